The van der Waals surface area contributed by atoms with E-state index in [0.717, 1.165) is 16.3 Å². The molecule has 114 valence electrons. The molecule has 3 heteroatoms. The number of benzene rings is 1. The lowest BCUT2D eigenvalue weighted by Gasteiger charge is -2.24. The summed E-state index contributed by atoms with van der Waals surface area (Å²) in [5, 5.41) is 8.51. The highest BCUT2D eigenvalue weighted by Crippen LogP contribution is 2.30. The summed E-state index contributed by atoms with van der Waals surface area (Å²) in [7, 11) is 0. The van der Waals surface area contributed by atoms with Crippen LogP contribution in [0.1, 0.15) is 43.3 Å². The van der Waals surface area contributed by atoms with E-state index in [0.29, 0.717) is 0 Å². The van der Waals surface area contributed by atoms with Crippen molar-refractivity contribution in [2.45, 2.75) is 33.1 Å². The molecule has 0 saturated carbocycles. The normalized spacial score (nSPS) is 12.9. The Bertz CT molecular complexity index is 676. The number of aryl methyl sites for hydroxylation is 1. The lowest BCUT2D eigenvalue weighted by molar-refractivity contribution is 0.602. The largest absolute Gasteiger partial charge is 0.156 e. The molecule has 1 heterocycles. The van der Waals surface area contributed by atoms with E-state index < -0.39 is 0 Å². The zero-order valence-electron chi connectivity index (χ0n) is 13.5. The Hall–Kier alpha value is -1.87. The fourth-order valence-corrected chi connectivity index (χ4v) is 2.28. The molecule has 0 unspecified atom stereocenters. The van der Waals surface area contributed by atoms with Gasteiger partial charge in [-0.3, -0.25) is 0 Å². The molecule has 0 fully saturated rings. The third-order valence-corrected chi connectivity index (χ3v) is 3.85. The first-order valence-electron chi connectivity index (χ1n) is 7.35. The first-order chi connectivity index (χ1) is 10.4. The Balaban J connectivity index is 2.23. The van der Waals surface area contributed by atoms with Crippen LogP contribution >= 0.6 is 12.6 Å². The van der Waals surface area contributed by atoms with Crippen LogP contribution in [0.4, 0.5) is 0 Å². The van der Waals surface area contributed by atoms with E-state index >= 15 is 0 Å². The average Bonchev–Trinajstić information content (AvgIpc) is 2.48. The number of aromatic nitrogens is 2. The lowest BCUT2D eigenvalue weighted by atomic mass is 9.81. The molecule has 0 saturated heterocycles. The maximum absolute atomic E-state index is 4.34. The van der Waals surface area contributed by atoms with Gasteiger partial charge in [0.05, 0.1) is 11.4 Å². The van der Waals surface area contributed by atoms with Crippen molar-refractivity contribution in [2.24, 2.45) is 0 Å². The molecule has 0 radical (unpaired) electrons. The Morgan fingerprint density at radius 3 is 2.27 bits per heavy atom. The molecule has 0 aliphatic heterocycles. The number of nitrogens with zero attached hydrogens (tertiary/aromatic N) is 2. The van der Waals surface area contributed by atoms with Crippen molar-refractivity contribution in [3.05, 3.63) is 76.0 Å². The number of thiol groups is 1. The molecule has 0 amide bonds. The van der Waals surface area contributed by atoms with Gasteiger partial charge in [0.25, 0.3) is 0 Å². The van der Waals surface area contributed by atoms with Gasteiger partial charge in [-0.25, -0.2) is 0 Å². The second kappa shape index (κ2) is 6.93. The van der Waals surface area contributed by atoms with E-state index in [9.17, 15) is 0 Å². The van der Waals surface area contributed by atoms with Crippen molar-refractivity contribution in [3.63, 3.8) is 0 Å². The number of hydrogen-bond donors (Lipinski definition) is 1. The smallest absolute Gasteiger partial charge is 0.0731 e. The van der Waals surface area contributed by atoms with E-state index in [1.165, 1.54) is 11.1 Å². The van der Waals surface area contributed by atoms with E-state index in [-0.39, 0.29) is 5.41 Å². The molecule has 0 aliphatic rings. The topological polar surface area (TPSA) is 25.8 Å². The Labute approximate surface area is 138 Å². The van der Waals surface area contributed by atoms with Crippen LogP contribution in [-0.4, -0.2) is 10.2 Å². The highest BCUT2D eigenvalue weighted by molar-refractivity contribution is 7.84. The fraction of sp³-hybridized carbons (Fsp3) is 0.263. The molecule has 0 aliphatic carbocycles. The van der Waals surface area contributed by atoms with Crippen molar-refractivity contribution in [3.8, 4) is 0 Å². The van der Waals surface area contributed by atoms with Crippen LogP contribution in [0.5, 0.6) is 0 Å². The third-order valence-electron chi connectivity index (χ3n) is 3.70. The molecule has 2 nitrogen and oxygen atoms in total. The monoisotopic (exact) mass is 310 g/mol. The van der Waals surface area contributed by atoms with Crippen LogP contribution in [0.15, 0.2) is 53.5 Å². The van der Waals surface area contributed by atoms with Crippen LogP contribution in [-0.2, 0) is 5.41 Å². The maximum Gasteiger partial charge on any atom is 0.0731 e. The number of hydrogen-bond acceptors (Lipinski definition) is 3. The van der Waals surface area contributed by atoms with Gasteiger partial charge in [-0.1, -0.05) is 56.3 Å². The van der Waals surface area contributed by atoms with Crippen LogP contribution in [0, 0.1) is 6.92 Å². The van der Waals surface area contributed by atoms with Crippen molar-refractivity contribution < 1.29 is 0 Å². The highest BCUT2D eigenvalue weighted by Gasteiger charge is 2.24. The van der Waals surface area contributed by atoms with Crippen molar-refractivity contribution >= 4 is 18.7 Å². The Morgan fingerprint density at radius 1 is 1.05 bits per heavy atom. The molecule has 0 N–H and O–H groups in total. The van der Waals surface area contributed by atoms with Gasteiger partial charge >= 0.3 is 0 Å². The minimum atomic E-state index is -0.162. The van der Waals surface area contributed by atoms with Crippen LogP contribution in [0.25, 0.3) is 6.08 Å². The van der Waals surface area contributed by atoms with Gasteiger partial charge in [0, 0.05) is 5.41 Å². The fourth-order valence-electron chi connectivity index (χ4n) is 2.19. The molecule has 22 heavy (non-hydrogen) atoms. The van der Waals surface area contributed by atoms with Gasteiger partial charge in [-0.05, 0) is 42.0 Å². The quantitative estimate of drug-likeness (QED) is 0.638. The second-order valence-electron chi connectivity index (χ2n) is 5.97. The van der Waals surface area contributed by atoms with E-state index in [4.69, 9.17) is 0 Å². The third kappa shape index (κ3) is 4.08. The summed E-state index contributed by atoms with van der Waals surface area (Å²) >= 11 is 4.24. The van der Waals surface area contributed by atoms with Gasteiger partial charge in [-0.15, -0.1) is 12.6 Å². The first-order valence-corrected chi connectivity index (χ1v) is 7.79. The van der Waals surface area contributed by atoms with Crippen LogP contribution in [0.2, 0.25) is 0 Å². The summed E-state index contributed by atoms with van der Waals surface area (Å²) in [4.78, 5) is 0.993. The minimum Gasteiger partial charge on any atom is -0.156 e. The lowest BCUT2D eigenvalue weighted by Crippen LogP contribution is -2.21. The highest BCUT2D eigenvalue weighted by atomic mass is 32.1. The molecular weight excluding hydrogens is 288 g/mol. The molecule has 1 aromatic heterocycles. The predicted octanol–water partition coefficient (Wildman–Crippen LogP) is 4.96. The summed E-state index contributed by atoms with van der Waals surface area (Å²) in [6, 6.07) is 12.6. The predicted molar refractivity (Wildman–Crippen MR) is 97.1 cm³/mol. The van der Waals surface area contributed by atoms with E-state index in [1.807, 2.05) is 32.1 Å². The van der Waals surface area contributed by atoms with Crippen molar-refractivity contribution in [1.82, 2.24) is 10.2 Å². The van der Waals surface area contributed by atoms with E-state index in [1.54, 1.807) is 0 Å². The summed E-state index contributed by atoms with van der Waals surface area (Å²) in [5.41, 5.74) is 4.15. The Morgan fingerprint density at radius 2 is 1.73 bits per heavy atom. The molecule has 0 bridgehead atoms. The summed E-state index contributed by atoms with van der Waals surface area (Å²) < 4.78 is 0. The van der Waals surface area contributed by atoms with Gasteiger partial charge in [-0.2, -0.15) is 10.2 Å². The number of allylic oxidation sites excluding steroid dienone is 3. The summed E-state index contributed by atoms with van der Waals surface area (Å²) in [5.74, 6) is 0. The van der Waals surface area contributed by atoms with Gasteiger partial charge in [0.15, 0.2) is 0 Å². The van der Waals surface area contributed by atoms with E-state index in [2.05, 4.69) is 73.1 Å². The molecule has 0 spiro atoms. The second-order valence-corrected chi connectivity index (χ2v) is 6.68. The standard InChI is InChI=1S/C19H22N2S/c1-14-8-13-18(21-20-14)19(3,4)17-11-9-16(10-12-17)7-5-6-15(2)22/h5-13,22H,1-4H3/b7-5+,15-6-. The molecule has 2 rings (SSSR count). The summed E-state index contributed by atoms with van der Waals surface area (Å²) in [6.07, 6.45) is 6.05. The van der Waals surface area contributed by atoms with Gasteiger partial charge < -0.3 is 0 Å². The van der Waals surface area contributed by atoms with Gasteiger partial charge in [0.2, 0.25) is 0 Å². The van der Waals surface area contributed by atoms with Crippen molar-refractivity contribution in [2.75, 3.05) is 0 Å². The number of rotatable bonds is 4. The SMILES string of the molecule is C/C(S)=C/C=C/c1ccc(C(C)(C)c2ccc(C)nn2)cc1. The Kier molecular flexibility index (Phi) is 5.19. The average molecular weight is 310 g/mol. The maximum atomic E-state index is 4.34. The zero-order chi connectivity index (χ0) is 16.2. The summed E-state index contributed by atoms with van der Waals surface area (Å²) in [6.45, 7) is 8.25. The zero-order valence-corrected chi connectivity index (χ0v) is 14.4. The molecule has 2 aromatic rings. The molecule has 1 aromatic carbocycles. The van der Waals surface area contributed by atoms with Crippen molar-refractivity contribution in [1.29, 1.82) is 0 Å². The minimum absolute atomic E-state index is 0.162. The molecular formula is C19H22N2S. The van der Waals surface area contributed by atoms with Crippen LogP contribution in [0.3, 0.4) is 0 Å². The van der Waals surface area contributed by atoms with Gasteiger partial charge in [0.1, 0.15) is 0 Å². The molecule has 0 atom stereocenters. The first kappa shape index (κ1) is 16.5. The van der Waals surface area contributed by atoms with Crippen LogP contribution < -0.4 is 0 Å².